The van der Waals surface area contributed by atoms with Crippen molar-refractivity contribution >= 4 is 17.3 Å². The van der Waals surface area contributed by atoms with Gasteiger partial charge in [0.05, 0.1) is 0 Å². The fourth-order valence-corrected chi connectivity index (χ4v) is 4.39. The molecular formula is C25H28O3. The van der Waals surface area contributed by atoms with E-state index in [2.05, 4.69) is 0 Å². The Hall–Kier alpha value is -2.55. The second kappa shape index (κ2) is 8.22. The molecule has 2 aromatic carbocycles. The Bertz CT molecular complexity index is 898. The van der Waals surface area contributed by atoms with E-state index in [1.54, 1.807) is 0 Å². The smallest absolute Gasteiger partial charge is 0.151 e. The van der Waals surface area contributed by atoms with Crippen LogP contribution in [0.15, 0.2) is 36.4 Å². The minimum atomic E-state index is -0.699. The summed E-state index contributed by atoms with van der Waals surface area (Å²) in [4.78, 5) is 38.1. The van der Waals surface area contributed by atoms with Crippen LogP contribution in [0.3, 0.4) is 0 Å². The maximum atomic E-state index is 13.0. The van der Waals surface area contributed by atoms with Crippen molar-refractivity contribution in [3.63, 3.8) is 0 Å². The van der Waals surface area contributed by atoms with Gasteiger partial charge in [0, 0.05) is 25.2 Å². The van der Waals surface area contributed by atoms with Gasteiger partial charge in [-0.05, 0) is 56.4 Å². The molecule has 0 spiro atoms. The SMILES string of the molecule is Cc1ccc(CCC(=O)CC2CC(=O)C(c3c(C)cc(C)cc3C)C2=O)cc1. The number of hydrogen-bond donors (Lipinski definition) is 0. The average Bonchev–Trinajstić information content (AvgIpc) is 2.88. The maximum Gasteiger partial charge on any atom is 0.151 e. The summed E-state index contributed by atoms with van der Waals surface area (Å²) < 4.78 is 0. The highest BCUT2D eigenvalue weighted by Gasteiger charge is 2.43. The van der Waals surface area contributed by atoms with Crippen molar-refractivity contribution in [2.45, 2.75) is 59.3 Å². The molecule has 3 rings (SSSR count). The van der Waals surface area contributed by atoms with Crippen LogP contribution in [0.2, 0.25) is 0 Å². The first kappa shape index (κ1) is 20.2. The Balaban J connectivity index is 1.66. The molecule has 1 aliphatic carbocycles. The van der Waals surface area contributed by atoms with Gasteiger partial charge in [-0.3, -0.25) is 14.4 Å². The van der Waals surface area contributed by atoms with Gasteiger partial charge in [0.25, 0.3) is 0 Å². The van der Waals surface area contributed by atoms with Gasteiger partial charge in [-0.2, -0.15) is 0 Å². The number of benzene rings is 2. The second-order valence-electron chi connectivity index (χ2n) is 8.24. The highest BCUT2D eigenvalue weighted by molar-refractivity contribution is 6.15. The van der Waals surface area contributed by atoms with Crippen molar-refractivity contribution in [2.75, 3.05) is 0 Å². The molecule has 3 heteroatoms. The number of aryl methyl sites for hydroxylation is 5. The maximum absolute atomic E-state index is 13.0. The molecule has 2 unspecified atom stereocenters. The normalized spacial score (nSPS) is 19.3. The van der Waals surface area contributed by atoms with Crippen LogP contribution in [-0.4, -0.2) is 17.3 Å². The zero-order valence-electron chi connectivity index (χ0n) is 17.2. The number of rotatable bonds is 6. The summed E-state index contributed by atoms with van der Waals surface area (Å²) in [6, 6.07) is 12.2. The lowest BCUT2D eigenvalue weighted by molar-refractivity contribution is -0.127. The van der Waals surface area contributed by atoms with E-state index in [0.717, 1.165) is 27.8 Å². The lowest BCUT2D eigenvalue weighted by Gasteiger charge is -2.16. The highest BCUT2D eigenvalue weighted by Crippen LogP contribution is 2.37. The molecule has 28 heavy (non-hydrogen) atoms. The highest BCUT2D eigenvalue weighted by atomic mass is 16.2. The Morgan fingerprint density at radius 3 is 2.14 bits per heavy atom. The topological polar surface area (TPSA) is 51.2 Å². The second-order valence-corrected chi connectivity index (χ2v) is 8.24. The summed E-state index contributed by atoms with van der Waals surface area (Å²) in [5, 5.41) is 0. The number of Topliss-reactive ketones (excluding diaryl/α,β-unsaturated/α-hetero) is 3. The van der Waals surface area contributed by atoms with Crippen molar-refractivity contribution in [3.8, 4) is 0 Å². The molecule has 0 saturated heterocycles. The van der Waals surface area contributed by atoms with Crippen LogP contribution < -0.4 is 0 Å². The molecule has 0 bridgehead atoms. The third-order valence-corrected chi connectivity index (χ3v) is 5.77. The van der Waals surface area contributed by atoms with E-state index in [1.165, 1.54) is 5.56 Å². The van der Waals surface area contributed by atoms with Gasteiger partial charge >= 0.3 is 0 Å². The first-order valence-electron chi connectivity index (χ1n) is 9.97. The fourth-order valence-electron chi connectivity index (χ4n) is 4.39. The van der Waals surface area contributed by atoms with Gasteiger partial charge in [-0.1, -0.05) is 47.5 Å². The van der Waals surface area contributed by atoms with Gasteiger partial charge in [-0.15, -0.1) is 0 Å². The molecule has 3 nitrogen and oxygen atoms in total. The third-order valence-electron chi connectivity index (χ3n) is 5.77. The molecular weight excluding hydrogens is 348 g/mol. The van der Waals surface area contributed by atoms with Gasteiger partial charge in [0.15, 0.2) is 5.78 Å². The Kier molecular flexibility index (Phi) is 5.93. The Morgan fingerprint density at radius 1 is 0.929 bits per heavy atom. The first-order valence-corrected chi connectivity index (χ1v) is 9.97. The summed E-state index contributed by atoms with van der Waals surface area (Å²) in [7, 11) is 0. The molecule has 2 atom stereocenters. The van der Waals surface area contributed by atoms with E-state index in [-0.39, 0.29) is 30.2 Å². The minimum absolute atomic E-state index is 0.0450. The lowest BCUT2D eigenvalue weighted by Crippen LogP contribution is -2.19. The van der Waals surface area contributed by atoms with E-state index in [9.17, 15) is 14.4 Å². The quantitative estimate of drug-likeness (QED) is 0.684. The molecule has 1 fully saturated rings. The van der Waals surface area contributed by atoms with Crippen molar-refractivity contribution in [2.24, 2.45) is 5.92 Å². The minimum Gasteiger partial charge on any atom is -0.300 e. The molecule has 0 aromatic heterocycles. The zero-order chi connectivity index (χ0) is 20.4. The molecule has 0 heterocycles. The summed E-state index contributed by atoms with van der Waals surface area (Å²) in [5.41, 5.74) is 6.25. The molecule has 1 saturated carbocycles. The molecule has 0 radical (unpaired) electrons. The Labute approximate surface area is 167 Å². The van der Waals surface area contributed by atoms with Crippen molar-refractivity contribution in [1.29, 1.82) is 0 Å². The number of ketones is 3. The lowest BCUT2D eigenvalue weighted by atomic mass is 9.86. The molecule has 0 amide bonds. The molecule has 2 aromatic rings. The van der Waals surface area contributed by atoms with E-state index in [0.29, 0.717) is 12.8 Å². The monoisotopic (exact) mass is 376 g/mol. The van der Waals surface area contributed by atoms with Crippen LogP contribution in [0.4, 0.5) is 0 Å². The van der Waals surface area contributed by atoms with E-state index < -0.39 is 11.8 Å². The van der Waals surface area contributed by atoms with E-state index >= 15 is 0 Å². The predicted molar refractivity (Wildman–Crippen MR) is 111 cm³/mol. The predicted octanol–water partition coefficient (Wildman–Crippen LogP) is 4.75. The van der Waals surface area contributed by atoms with Gasteiger partial charge < -0.3 is 0 Å². The van der Waals surface area contributed by atoms with Crippen LogP contribution in [0, 0.1) is 33.6 Å². The molecule has 1 aliphatic rings. The third kappa shape index (κ3) is 4.30. The number of hydrogen-bond acceptors (Lipinski definition) is 3. The van der Waals surface area contributed by atoms with Crippen molar-refractivity contribution in [1.82, 2.24) is 0 Å². The van der Waals surface area contributed by atoms with Gasteiger partial charge in [0.2, 0.25) is 0 Å². The average molecular weight is 376 g/mol. The molecule has 0 aliphatic heterocycles. The van der Waals surface area contributed by atoms with Gasteiger partial charge in [0.1, 0.15) is 17.5 Å². The van der Waals surface area contributed by atoms with Gasteiger partial charge in [-0.25, -0.2) is 0 Å². The van der Waals surface area contributed by atoms with E-state index in [1.807, 2.05) is 64.1 Å². The first-order chi connectivity index (χ1) is 13.3. The Morgan fingerprint density at radius 2 is 1.54 bits per heavy atom. The van der Waals surface area contributed by atoms with Crippen LogP contribution >= 0.6 is 0 Å². The summed E-state index contributed by atoms with van der Waals surface area (Å²) in [6.45, 7) is 7.95. The van der Waals surface area contributed by atoms with Crippen LogP contribution in [0.25, 0.3) is 0 Å². The molecule has 0 N–H and O–H groups in total. The van der Waals surface area contributed by atoms with E-state index in [4.69, 9.17) is 0 Å². The standard InChI is InChI=1S/C25H28O3/c1-15-5-7-19(8-6-15)9-10-21(26)13-20-14-22(27)24(25(20)28)23-17(3)11-16(2)12-18(23)4/h5-8,11-12,20,24H,9-10,13-14H2,1-4H3. The van der Waals surface area contributed by atoms with Crippen LogP contribution in [0.5, 0.6) is 0 Å². The largest absolute Gasteiger partial charge is 0.300 e. The van der Waals surface area contributed by atoms with Crippen molar-refractivity contribution in [3.05, 3.63) is 69.8 Å². The van der Waals surface area contributed by atoms with Crippen molar-refractivity contribution < 1.29 is 14.4 Å². The molecule has 146 valence electrons. The zero-order valence-corrected chi connectivity index (χ0v) is 17.2. The fraction of sp³-hybridized carbons (Fsp3) is 0.400. The van der Waals surface area contributed by atoms with Crippen LogP contribution in [-0.2, 0) is 20.8 Å². The van der Waals surface area contributed by atoms with Crippen LogP contribution in [0.1, 0.15) is 58.6 Å². The number of carbonyl (C=O) groups is 3. The summed E-state index contributed by atoms with van der Waals surface area (Å²) >= 11 is 0. The summed E-state index contributed by atoms with van der Waals surface area (Å²) in [6.07, 6.45) is 1.45. The number of carbonyl (C=O) groups excluding carboxylic acids is 3. The summed E-state index contributed by atoms with van der Waals surface area (Å²) in [5.74, 6) is -1.23.